The molecule has 1 amide bonds. The van der Waals surface area contributed by atoms with Crippen molar-refractivity contribution in [3.05, 3.63) is 58.9 Å². The number of carboxylic acid groups (broad SMARTS) is 1. The van der Waals surface area contributed by atoms with Gasteiger partial charge < -0.3 is 10.4 Å². The first kappa shape index (κ1) is 16.6. The van der Waals surface area contributed by atoms with Crippen LogP contribution in [-0.2, 0) is 17.6 Å². The molecule has 0 radical (unpaired) electrons. The minimum atomic E-state index is -1.07. The number of amides is 1. The van der Waals surface area contributed by atoms with Crippen LogP contribution in [0.25, 0.3) is 0 Å². The molecule has 0 fully saturated rings. The number of benzene rings is 1. The molecule has 1 aromatic heterocycles. The molecular weight excluding hydrogens is 294 g/mol. The Morgan fingerprint density at radius 2 is 1.91 bits per heavy atom. The third kappa shape index (κ3) is 4.35. The highest BCUT2D eigenvalue weighted by Gasteiger charge is 2.22. The van der Waals surface area contributed by atoms with E-state index in [0.29, 0.717) is 23.4 Å². The summed E-state index contributed by atoms with van der Waals surface area (Å²) in [7, 11) is 0. The lowest BCUT2D eigenvalue weighted by atomic mass is 10.0. The van der Waals surface area contributed by atoms with E-state index in [9.17, 15) is 14.7 Å². The fraction of sp³-hybridized carbons (Fsp3) is 0.294. The predicted octanol–water partition coefficient (Wildman–Crippen LogP) is 1.77. The van der Waals surface area contributed by atoms with Crippen molar-refractivity contribution in [2.75, 3.05) is 0 Å². The molecule has 2 aromatic rings. The van der Waals surface area contributed by atoms with Gasteiger partial charge in [0.1, 0.15) is 6.04 Å². The van der Waals surface area contributed by atoms with Crippen molar-refractivity contribution >= 4 is 11.9 Å². The van der Waals surface area contributed by atoms with Crippen LogP contribution in [0, 0.1) is 6.92 Å². The number of hydrogen-bond acceptors (Lipinski definition) is 4. The molecule has 1 heterocycles. The summed E-state index contributed by atoms with van der Waals surface area (Å²) in [5.41, 5.74) is 2.39. The molecule has 2 rings (SSSR count). The van der Waals surface area contributed by atoms with Gasteiger partial charge in [-0.05, 0) is 25.0 Å². The summed E-state index contributed by atoms with van der Waals surface area (Å²) in [5, 5.41) is 19.9. The van der Waals surface area contributed by atoms with Crippen LogP contribution in [0.1, 0.15) is 34.2 Å². The molecule has 1 aromatic carbocycles. The van der Waals surface area contributed by atoms with E-state index in [1.807, 2.05) is 37.3 Å². The Labute approximate surface area is 134 Å². The summed E-state index contributed by atoms with van der Waals surface area (Å²) in [6.07, 6.45) is 0.771. The van der Waals surface area contributed by atoms with Gasteiger partial charge in [0.25, 0.3) is 5.91 Å². The maximum atomic E-state index is 12.4. The molecule has 23 heavy (non-hydrogen) atoms. The number of nitrogens with zero attached hydrogens (tertiary/aromatic N) is 2. The highest BCUT2D eigenvalue weighted by Crippen LogP contribution is 2.09. The summed E-state index contributed by atoms with van der Waals surface area (Å²) in [6.45, 7) is 3.61. The first-order valence-corrected chi connectivity index (χ1v) is 7.42. The monoisotopic (exact) mass is 313 g/mol. The number of carbonyl (C=O) groups is 2. The summed E-state index contributed by atoms with van der Waals surface area (Å²) >= 11 is 0. The second kappa shape index (κ2) is 7.49. The van der Waals surface area contributed by atoms with Crippen molar-refractivity contribution in [2.45, 2.75) is 32.7 Å². The molecule has 6 nitrogen and oxygen atoms in total. The van der Waals surface area contributed by atoms with Gasteiger partial charge >= 0.3 is 5.97 Å². The lowest BCUT2D eigenvalue weighted by Crippen LogP contribution is -2.42. The third-order valence-corrected chi connectivity index (χ3v) is 3.46. The van der Waals surface area contributed by atoms with Gasteiger partial charge in [0.15, 0.2) is 0 Å². The van der Waals surface area contributed by atoms with Crippen molar-refractivity contribution in [1.29, 1.82) is 0 Å². The predicted molar refractivity (Wildman–Crippen MR) is 85.2 cm³/mol. The molecule has 0 saturated heterocycles. The van der Waals surface area contributed by atoms with Crippen molar-refractivity contribution < 1.29 is 14.7 Å². The molecule has 1 atom stereocenters. The molecule has 0 unspecified atom stereocenters. The lowest BCUT2D eigenvalue weighted by Gasteiger charge is -2.15. The molecule has 0 aliphatic heterocycles. The molecule has 0 spiro atoms. The molecule has 0 bridgehead atoms. The van der Waals surface area contributed by atoms with Crippen LogP contribution >= 0.6 is 0 Å². The minimum Gasteiger partial charge on any atom is -0.480 e. The number of hydrogen-bond donors (Lipinski definition) is 2. The lowest BCUT2D eigenvalue weighted by molar-refractivity contribution is -0.139. The van der Waals surface area contributed by atoms with Crippen LogP contribution < -0.4 is 5.32 Å². The number of aromatic nitrogens is 2. The zero-order valence-electron chi connectivity index (χ0n) is 13.1. The number of aliphatic carboxylic acids is 1. The Hall–Kier alpha value is -2.76. The normalized spacial score (nSPS) is 11.7. The number of aryl methyl sites for hydroxylation is 2. The van der Waals surface area contributed by atoms with E-state index in [1.54, 1.807) is 13.0 Å². The second-order valence-corrected chi connectivity index (χ2v) is 5.25. The molecule has 2 N–H and O–H groups in total. The highest BCUT2D eigenvalue weighted by atomic mass is 16.4. The average Bonchev–Trinajstić information content (AvgIpc) is 2.55. The number of nitrogens with one attached hydrogen (secondary N) is 1. The van der Waals surface area contributed by atoms with E-state index < -0.39 is 17.9 Å². The molecule has 0 aliphatic rings. The summed E-state index contributed by atoms with van der Waals surface area (Å²) in [6, 6.07) is 9.82. The quantitative estimate of drug-likeness (QED) is 0.848. The largest absolute Gasteiger partial charge is 0.480 e. The SMILES string of the molecule is CCc1nnc(C)cc1C(=O)N[C@@H](Cc1ccccc1)C(=O)O. The topological polar surface area (TPSA) is 92.2 Å². The summed E-state index contributed by atoms with van der Waals surface area (Å²) in [5.74, 6) is -1.51. The standard InChI is InChI=1S/C17H19N3O3/c1-3-14-13(9-11(2)19-20-14)16(21)18-15(17(22)23)10-12-7-5-4-6-8-12/h4-9,15H,3,10H2,1-2H3,(H,18,21)(H,22,23)/t15-/m0/s1. The van der Waals surface area contributed by atoms with Gasteiger partial charge in [-0.2, -0.15) is 10.2 Å². The first-order chi connectivity index (χ1) is 11.0. The Bertz CT molecular complexity index is 701. The fourth-order valence-corrected chi connectivity index (χ4v) is 2.26. The van der Waals surface area contributed by atoms with Gasteiger partial charge in [0, 0.05) is 6.42 Å². The maximum Gasteiger partial charge on any atom is 0.326 e. The van der Waals surface area contributed by atoms with Gasteiger partial charge in [0.2, 0.25) is 0 Å². The zero-order valence-corrected chi connectivity index (χ0v) is 13.1. The maximum absolute atomic E-state index is 12.4. The van der Waals surface area contributed by atoms with E-state index >= 15 is 0 Å². The van der Waals surface area contributed by atoms with Crippen LogP contribution in [0.3, 0.4) is 0 Å². The number of rotatable bonds is 6. The van der Waals surface area contributed by atoms with E-state index in [2.05, 4.69) is 15.5 Å². The Morgan fingerprint density at radius 3 is 2.52 bits per heavy atom. The molecular formula is C17H19N3O3. The van der Waals surface area contributed by atoms with Gasteiger partial charge in [-0.3, -0.25) is 4.79 Å². The van der Waals surface area contributed by atoms with Gasteiger partial charge in [-0.25, -0.2) is 4.79 Å². The number of carbonyl (C=O) groups excluding carboxylic acids is 1. The summed E-state index contributed by atoms with van der Waals surface area (Å²) < 4.78 is 0. The van der Waals surface area contributed by atoms with Crippen LogP contribution in [0.5, 0.6) is 0 Å². The Balaban J connectivity index is 2.18. The van der Waals surface area contributed by atoms with E-state index in [1.165, 1.54) is 0 Å². The second-order valence-electron chi connectivity index (χ2n) is 5.25. The Morgan fingerprint density at radius 1 is 1.22 bits per heavy atom. The van der Waals surface area contributed by atoms with Gasteiger partial charge in [0.05, 0.1) is 17.0 Å². The van der Waals surface area contributed by atoms with Crippen LogP contribution in [0.2, 0.25) is 0 Å². The third-order valence-electron chi connectivity index (χ3n) is 3.46. The number of carboxylic acids is 1. The van der Waals surface area contributed by atoms with E-state index in [0.717, 1.165) is 5.56 Å². The van der Waals surface area contributed by atoms with Crippen molar-refractivity contribution in [3.63, 3.8) is 0 Å². The Kier molecular flexibility index (Phi) is 5.41. The van der Waals surface area contributed by atoms with Gasteiger partial charge in [-0.15, -0.1) is 0 Å². The fourth-order valence-electron chi connectivity index (χ4n) is 2.26. The van der Waals surface area contributed by atoms with Crippen molar-refractivity contribution in [3.8, 4) is 0 Å². The smallest absolute Gasteiger partial charge is 0.326 e. The van der Waals surface area contributed by atoms with Crippen LogP contribution in [0.15, 0.2) is 36.4 Å². The van der Waals surface area contributed by atoms with E-state index in [4.69, 9.17) is 0 Å². The minimum absolute atomic E-state index is 0.223. The zero-order chi connectivity index (χ0) is 16.8. The van der Waals surface area contributed by atoms with Crippen LogP contribution in [0.4, 0.5) is 0 Å². The average molecular weight is 313 g/mol. The first-order valence-electron chi connectivity index (χ1n) is 7.42. The summed E-state index contributed by atoms with van der Waals surface area (Å²) in [4.78, 5) is 23.9. The van der Waals surface area contributed by atoms with Gasteiger partial charge in [-0.1, -0.05) is 37.3 Å². The van der Waals surface area contributed by atoms with Crippen molar-refractivity contribution in [1.82, 2.24) is 15.5 Å². The van der Waals surface area contributed by atoms with Crippen molar-refractivity contribution in [2.24, 2.45) is 0 Å². The van der Waals surface area contributed by atoms with E-state index in [-0.39, 0.29) is 6.42 Å². The van der Waals surface area contributed by atoms with Crippen LogP contribution in [-0.4, -0.2) is 33.2 Å². The molecule has 0 saturated carbocycles. The molecule has 6 heteroatoms. The molecule has 120 valence electrons. The highest BCUT2D eigenvalue weighted by molar-refractivity contribution is 5.97. The molecule has 0 aliphatic carbocycles.